The molecule has 98 valence electrons. The lowest BCUT2D eigenvalue weighted by Crippen LogP contribution is -2.38. The van der Waals surface area contributed by atoms with Gasteiger partial charge in [-0.05, 0) is 39.1 Å². The Labute approximate surface area is 113 Å². The molecule has 1 aromatic carbocycles. The summed E-state index contributed by atoms with van der Waals surface area (Å²) in [6, 6.07) is 6.14. The maximum atomic E-state index is 11.2. The normalized spacial score (nSPS) is 19.6. The number of likely N-dealkylation sites (N-methyl/N-ethyl adjacent to an activating group) is 1. The molecule has 2 rings (SSSR count). The van der Waals surface area contributed by atoms with Gasteiger partial charge in [0, 0.05) is 24.8 Å². The lowest BCUT2D eigenvalue weighted by molar-refractivity contribution is 0.112. The molecule has 1 atom stereocenters. The number of rotatable bonds is 4. The van der Waals surface area contributed by atoms with Crippen LogP contribution in [0.5, 0.6) is 0 Å². The van der Waals surface area contributed by atoms with Crippen molar-refractivity contribution in [1.29, 1.82) is 0 Å². The first-order chi connectivity index (χ1) is 8.63. The topological polar surface area (TPSA) is 23.6 Å². The van der Waals surface area contributed by atoms with Crippen LogP contribution in [-0.2, 0) is 0 Å². The first-order valence-electron chi connectivity index (χ1n) is 6.28. The van der Waals surface area contributed by atoms with E-state index in [9.17, 15) is 4.79 Å². The van der Waals surface area contributed by atoms with Crippen molar-refractivity contribution in [2.24, 2.45) is 0 Å². The number of aldehydes is 1. The van der Waals surface area contributed by atoms with E-state index in [-0.39, 0.29) is 0 Å². The maximum Gasteiger partial charge on any atom is 0.153 e. The summed E-state index contributed by atoms with van der Waals surface area (Å²) in [5.74, 6) is 0. The second kappa shape index (κ2) is 5.72. The minimum absolute atomic E-state index is 0.470. The molecule has 1 saturated heterocycles. The van der Waals surface area contributed by atoms with Crippen molar-refractivity contribution < 1.29 is 4.79 Å². The van der Waals surface area contributed by atoms with E-state index < -0.39 is 0 Å². The van der Waals surface area contributed by atoms with Gasteiger partial charge >= 0.3 is 0 Å². The Kier molecular flexibility index (Phi) is 4.25. The average Bonchev–Trinajstić information content (AvgIpc) is 2.75. The fourth-order valence-electron chi connectivity index (χ4n) is 2.66. The van der Waals surface area contributed by atoms with Gasteiger partial charge in [-0.3, -0.25) is 4.79 Å². The zero-order chi connectivity index (χ0) is 13.1. The van der Waals surface area contributed by atoms with Crippen LogP contribution in [0.2, 0.25) is 5.02 Å². The number of benzene rings is 1. The number of anilines is 1. The average molecular weight is 267 g/mol. The van der Waals surface area contributed by atoms with Crippen LogP contribution in [0.3, 0.4) is 0 Å². The summed E-state index contributed by atoms with van der Waals surface area (Å²) in [6.07, 6.45) is 3.20. The van der Waals surface area contributed by atoms with E-state index in [1.54, 1.807) is 6.07 Å². The van der Waals surface area contributed by atoms with Gasteiger partial charge < -0.3 is 9.80 Å². The lowest BCUT2D eigenvalue weighted by atomic mass is 10.1. The third kappa shape index (κ3) is 2.68. The van der Waals surface area contributed by atoms with E-state index in [2.05, 4.69) is 23.9 Å². The highest BCUT2D eigenvalue weighted by molar-refractivity contribution is 6.33. The molecule has 1 fully saturated rings. The van der Waals surface area contributed by atoms with Crippen LogP contribution in [0.25, 0.3) is 0 Å². The maximum absolute atomic E-state index is 11.2. The largest absolute Gasteiger partial charge is 0.367 e. The molecule has 1 heterocycles. The minimum Gasteiger partial charge on any atom is -0.367 e. The summed E-state index contributed by atoms with van der Waals surface area (Å²) in [5.41, 5.74) is 1.59. The van der Waals surface area contributed by atoms with Gasteiger partial charge in [0.25, 0.3) is 0 Å². The summed E-state index contributed by atoms with van der Waals surface area (Å²) in [4.78, 5) is 15.7. The third-order valence-corrected chi connectivity index (χ3v) is 3.74. The van der Waals surface area contributed by atoms with Crippen LogP contribution in [0.15, 0.2) is 18.2 Å². The van der Waals surface area contributed by atoms with Gasteiger partial charge in [0.2, 0.25) is 0 Å². The third-order valence-electron chi connectivity index (χ3n) is 3.41. The fraction of sp³-hybridized carbons (Fsp3) is 0.500. The van der Waals surface area contributed by atoms with Crippen LogP contribution in [0, 0.1) is 0 Å². The lowest BCUT2D eigenvalue weighted by Gasteiger charge is -2.30. The van der Waals surface area contributed by atoms with Gasteiger partial charge in [0.05, 0.1) is 10.6 Å². The monoisotopic (exact) mass is 266 g/mol. The highest BCUT2D eigenvalue weighted by Gasteiger charge is 2.27. The van der Waals surface area contributed by atoms with Crippen molar-refractivity contribution in [3.8, 4) is 0 Å². The second-order valence-corrected chi connectivity index (χ2v) is 5.45. The number of halogens is 1. The molecule has 0 amide bonds. The highest BCUT2D eigenvalue weighted by atomic mass is 35.5. The summed E-state index contributed by atoms with van der Waals surface area (Å²) in [7, 11) is 4.16. The summed E-state index contributed by atoms with van der Waals surface area (Å²) >= 11 is 6.09. The Hall–Kier alpha value is -1.06. The molecule has 0 radical (unpaired) electrons. The molecule has 0 bridgehead atoms. The Bertz CT molecular complexity index is 434. The van der Waals surface area contributed by atoms with E-state index in [0.29, 0.717) is 16.6 Å². The Morgan fingerprint density at radius 3 is 2.94 bits per heavy atom. The predicted molar refractivity (Wildman–Crippen MR) is 75.8 cm³/mol. The Morgan fingerprint density at radius 2 is 2.28 bits per heavy atom. The van der Waals surface area contributed by atoms with Crippen molar-refractivity contribution in [2.75, 3.05) is 32.1 Å². The van der Waals surface area contributed by atoms with Gasteiger partial charge in [-0.15, -0.1) is 0 Å². The molecule has 4 heteroatoms. The molecule has 0 aromatic heterocycles. The molecule has 1 unspecified atom stereocenters. The van der Waals surface area contributed by atoms with Crippen molar-refractivity contribution in [2.45, 2.75) is 18.9 Å². The molecule has 3 nitrogen and oxygen atoms in total. The molecule has 0 spiro atoms. The molecule has 0 N–H and O–H groups in total. The van der Waals surface area contributed by atoms with Crippen molar-refractivity contribution >= 4 is 23.6 Å². The number of hydrogen-bond acceptors (Lipinski definition) is 3. The first-order valence-corrected chi connectivity index (χ1v) is 6.66. The van der Waals surface area contributed by atoms with Crippen LogP contribution in [-0.4, -0.2) is 44.4 Å². The SMILES string of the molecule is CN(C)CC1CCCN1c1cccc(Cl)c1C=O. The van der Waals surface area contributed by atoms with E-state index in [1.807, 2.05) is 12.1 Å². The van der Waals surface area contributed by atoms with Gasteiger partial charge in [-0.2, -0.15) is 0 Å². The second-order valence-electron chi connectivity index (χ2n) is 5.04. The van der Waals surface area contributed by atoms with Crippen LogP contribution in [0.1, 0.15) is 23.2 Å². The molecule has 0 saturated carbocycles. The number of carbonyl (C=O) groups excluding carboxylic acids is 1. The molecule has 0 aliphatic carbocycles. The van der Waals surface area contributed by atoms with E-state index in [0.717, 1.165) is 25.1 Å². The van der Waals surface area contributed by atoms with Crippen molar-refractivity contribution in [3.05, 3.63) is 28.8 Å². The minimum atomic E-state index is 0.470. The van der Waals surface area contributed by atoms with Gasteiger partial charge in [-0.1, -0.05) is 17.7 Å². The van der Waals surface area contributed by atoms with Crippen molar-refractivity contribution in [1.82, 2.24) is 4.90 Å². The summed E-state index contributed by atoms with van der Waals surface area (Å²) in [6.45, 7) is 2.00. The number of carbonyl (C=O) groups is 1. The van der Waals surface area contributed by atoms with Crippen LogP contribution < -0.4 is 4.90 Å². The highest BCUT2D eigenvalue weighted by Crippen LogP contribution is 2.31. The Balaban J connectivity index is 2.30. The molecule has 18 heavy (non-hydrogen) atoms. The zero-order valence-electron chi connectivity index (χ0n) is 10.9. The summed E-state index contributed by atoms with van der Waals surface area (Å²) < 4.78 is 0. The fourth-order valence-corrected chi connectivity index (χ4v) is 2.87. The van der Waals surface area contributed by atoms with E-state index in [4.69, 9.17) is 11.6 Å². The smallest absolute Gasteiger partial charge is 0.153 e. The van der Waals surface area contributed by atoms with Crippen molar-refractivity contribution in [3.63, 3.8) is 0 Å². The number of hydrogen-bond donors (Lipinski definition) is 0. The van der Waals surface area contributed by atoms with Gasteiger partial charge in [0.1, 0.15) is 0 Å². The first kappa shape index (κ1) is 13.4. The molecule has 1 aromatic rings. The number of nitrogens with zero attached hydrogens (tertiary/aromatic N) is 2. The molecular formula is C14H19ClN2O. The quantitative estimate of drug-likeness (QED) is 0.783. The van der Waals surface area contributed by atoms with Crippen LogP contribution in [0.4, 0.5) is 5.69 Å². The zero-order valence-corrected chi connectivity index (χ0v) is 11.7. The molecule has 1 aliphatic heterocycles. The molecule has 1 aliphatic rings. The van der Waals surface area contributed by atoms with Gasteiger partial charge in [0.15, 0.2) is 6.29 Å². The standard InChI is InChI=1S/C14H19ClN2O/c1-16(2)9-11-5-4-8-17(11)14-7-3-6-13(15)12(14)10-18/h3,6-7,10-11H,4-5,8-9H2,1-2H3. The van der Waals surface area contributed by atoms with E-state index >= 15 is 0 Å². The predicted octanol–water partition coefficient (Wildman–Crippen LogP) is 2.68. The van der Waals surface area contributed by atoms with Crippen LogP contribution >= 0.6 is 11.6 Å². The molecular weight excluding hydrogens is 248 g/mol. The van der Waals surface area contributed by atoms with E-state index in [1.165, 1.54) is 12.8 Å². The Morgan fingerprint density at radius 1 is 1.50 bits per heavy atom. The van der Waals surface area contributed by atoms with Gasteiger partial charge in [-0.25, -0.2) is 0 Å². The summed E-state index contributed by atoms with van der Waals surface area (Å²) in [5, 5.41) is 0.540.